The van der Waals surface area contributed by atoms with Gasteiger partial charge in [-0.2, -0.15) is 0 Å². The van der Waals surface area contributed by atoms with Crippen molar-refractivity contribution in [1.29, 1.82) is 0 Å². The van der Waals surface area contributed by atoms with Gasteiger partial charge in [0.25, 0.3) is 0 Å². The van der Waals surface area contributed by atoms with Gasteiger partial charge in [-0.15, -0.1) is 12.4 Å². The van der Waals surface area contributed by atoms with Crippen LogP contribution >= 0.6 is 24.0 Å². The number of rotatable bonds is 3. The summed E-state index contributed by atoms with van der Waals surface area (Å²) in [6.07, 6.45) is 4.19. The fraction of sp³-hybridized carbons (Fsp3) is 0.250. The van der Waals surface area contributed by atoms with E-state index in [2.05, 4.69) is 0 Å². The van der Waals surface area contributed by atoms with Gasteiger partial charge in [-0.05, 0) is 11.6 Å². The van der Waals surface area contributed by atoms with Crippen LogP contribution in [0.1, 0.15) is 6.42 Å². The molecule has 0 aliphatic heterocycles. The lowest BCUT2D eigenvalue weighted by Crippen LogP contribution is -2.32. The Morgan fingerprint density at radius 3 is 2.33 bits per heavy atom. The molecule has 0 saturated carbocycles. The molecular weight excluding hydrogens is 197 g/mol. The monoisotopic (exact) mass is 206 g/mol. The highest BCUT2D eigenvalue weighted by Gasteiger charge is 2.01. The quantitative estimate of drug-likeness (QED) is 0.544. The minimum Gasteiger partial charge on any atom is -0.281 e. The lowest BCUT2D eigenvalue weighted by atomic mass is 10.4. The lowest BCUT2D eigenvalue weighted by Gasteiger charge is -1.90. The first-order valence-electron chi connectivity index (χ1n) is 3.41. The minimum atomic E-state index is -0.290. The zero-order valence-corrected chi connectivity index (χ0v) is 8.02. The Morgan fingerprint density at radius 1 is 1.25 bits per heavy atom. The third kappa shape index (κ3) is 4.31. The second-order valence-electron chi connectivity index (χ2n) is 2.22. The van der Waals surface area contributed by atoms with Crippen LogP contribution in [0.15, 0.2) is 30.6 Å². The maximum atomic E-state index is 10.4. The zero-order chi connectivity index (χ0) is 8.10. The summed E-state index contributed by atoms with van der Waals surface area (Å²) in [5, 5.41) is -0.290. The van der Waals surface area contributed by atoms with Gasteiger partial charge in [-0.3, -0.25) is 4.79 Å². The molecule has 0 aromatic carbocycles. The normalized spacial score (nSPS) is 8.75. The molecule has 4 heteroatoms. The van der Waals surface area contributed by atoms with E-state index in [0.717, 1.165) is 0 Å². The van der Waals surface area contributed by atoms with Gasteiger partial charge in [0, 0.05) is 12.1 Å². The largest absolute Gasteiger partial charge is 0.281 e. The van der Waals surface area contributed by atoms with Crippen LogP contribution in [0, 0.1) is 0 Å². The molecule has 1 aromatic heterocycles. The fourth-order valence-electron chi connectivity index (χ4n) is 0.800. The molecule has 0 bridgehead atoms. The third-order valence-electron chi connectivity index (χ3n) is 1.34. The second-order valence-corrected chi connectivity index (χ2v) is 2.64. The number of hydrogen-bond donors (Lipinski definition) is 0. The molecule has 1 rings (SSSR count). The molecule has 66 valence electrons. The van der Waals surface area contributed by atoms with Crippen molar-refractivity contribution in [2.45, 2.75) is 13.0 Å². The van der Waals surface area contributed by atoms with Crippen LogP contribution in [0.2, 0.25) is 0 Å². The summed E-state index contributed by atoms with van der Waals surface area (Å²) in [6.45, 7) is 0.656. The van der Waals surface area contributed by atoms with E-state index in [9.17, 15) is 4.79 Å². The smallest absolute Gasteiger partial charge is 0.227 e. The molecule has 1 heterocycles. The first-order valence-corrected chi connectivity index (χ1v) is 3.79. The number of aryl methyl sites for hydroxylation is 1. The highest BCUT2D eigenvalue weighted by atomic mass is 35.5. The van der Waals surface area contributed by atoms with Crippen molar-refractivity contribution >= 4 is 29.3 Å². The van der Waals surface area contributed by atoms with Crippen LogP contribution in [0.25, 0.3) is 0 Å². The standard InChI is InChI=1S/C8H9ClNO.ClH/c9-8(11)4-7-10-5-2-1-3-6-10;/h1-3,5-6H,4,7H2;1H/q+1;. The van der Waals surface area contributed by atoms with Gasteiger partial charge in [0.1, 0.15) is 0 Å². The van der Waals surface area contributed by atoms with Crippen molar-refractivity contribution in [2.75, 3.05) is 0 Å². The van der Waals surface area contributed by atoms with Crippen LogP contribution in [0.5, 0.6) is 0 Å². The summed E-state index contributed by atoms with van der Waals surface area (Å²) < 4.78 is 1.92. The van der Waals surface area contributed by atoms with Gasteiger partial charge in [-0.1, -0.05) is 6.07 Å². The maximum absolute atomic E-state index is 10.4. The average Bonchev–Trinajstić information content (AvgIpc) is 2.03. The first kappa shape index (κ1) is 11.4. The zero-order valence-electron chi connectivity index (χ0n) is 6.44. The number of carbonyl (C=O) groups is 1. The van der Waals surface area contributed by atoms with Gasteiger partial charge < -0.3 is 0 Å². The molecule has 0 saturated heterocycles. The number of aromatic nitrogens is 1. The fourth-order valence-corrected chi connectivity index (χ4v) is 0.885. The van der Waals surface area contributed by atoms with E-state index in [0.29, 0.717) is 13.0 Å². The number of pyridine rings is 1. The number of halogens is 2. The van der Waals surface area contributed by atoms with Crippen LogP contribution in [0.3, 0.4) is 0 Å². The van der Waals surface area contributed by atoms with E-state index < -0.39 is 0 Å². The molecule has 0 spiro atoms. The summed E-state index contributed by atoms with van der Waals surface area (Å²) in [5.41, 5.74) is 0. The Kier molecular flexibility index (Phi) is 5.68. The Bertz CT molecular complexity index is 238. The SMILES string of the molecule is Cl.O=C(Cl)CC[n+]1ccccc1. The first-order chi connectivity index (χ1) is 5.29. The summed E-state index contributed by atoms with van der Waals surface area (Å²) >= 11 is 5.18. The number of nitrogens with zero attached hydrogens (tertiary/aromatic N) is 1. The number of hydrogen-bond acceptors (Lipinski definition) is 1. The van der Waals surface area contributed by atoms with E-state index in [1.54, 1.807) is 0 Å². The van der Waals surface area contributed by atoms with Gasteiger partial charge >= 0.3 is 0 Å². The Morgan fingerprint density at radius 2 is 1.83 bits per heavy atom. The van der Waals surface area contributed by atoms with Crippen LogP contribution in [-0.2, 0) is 11.3 Å². The van der Waals surface area contributed by atoms with Gasteiger partial charge in [-0.25, -0.2) is 4.57 Å². The van der Waals surface area contributed by atoms with Gasteiger partial charge in [0.2, 0.25) is 5.24 Å². The molecular formula is C8H10Cl2NO+. The third-order valence-corrected chi connectivity index (χ3v) is 1.53. The Hall–Kier alpha value is -0.600. The van der Waals surface area contributed by atoms with Gasteiger partial charge in [0.05, 0.1) is 6.42 Å². The van der Waals surface area contributed by atoms with Gasteiger partial charge in [0.15, 0.2) is 18.9 Å². The molecule has 0 unspecified atom stereocenters. The average molecular weight is 207 g/mol. The topological polar surface area (TPSA) is 20.9 Å². The maximum Gasteiger partial charge on any atom is 0.227 e. The van der Waals surface area contributed by atoms with Crippen molar-refractivity contribution in [2.24, 2.45) is 0 Å². The summed E-state index contributed by atoms with van der Waals surface area (Å²) in [6, 6.07) is 5.76. The van der Waals surface area contributed by atoms with E-state index >= 15 is 0 Å². The van der Waals surface area contributed by atoms with Crippen molar-refractivity contribution in [1.82, 2.24) is 0 Å². The van der Waals surface area contributed by atoms with E-state index in [1.807, 2.05) is 35.2 Å². The molecule has 0 radical (unpaired) electrons. The molecule has 1 aromatic rings. The van der Waals surface area contributed by atoms with Crippen LogP contribution in [0.4, 0.5) is 0 Å². The van der Waals surface area contributed by atoms with E-state index in [1.165, 1.54) is 0 Å². The highest BCUT2D eigenvalue weighted by molar-refractivity contribution is 6.63. The van der Waals surface area contributed by atoms with Crippen LogP contribution < -0.4 is 4.57 Å². The summed E-state index contributed by atoms with van der Waals surface area (Å²) in [7, 11) is 0. The molecule has 0 aliphatic rings. The molecule has 0 aliphatic carbocycles. The van der Waals surface area contributed by atoms with Crippen LogP contribution in [-0.4, -0.2) is 5.24 Å². The lowest BCUT2D eigenvalue weighted by molar-refractivity contribution is -0.695. The predicted octanol–water partition coefficient (Wildman–Crippen LogP) is 1.55. The molecule has 0 fully saturated rings. The summed E-state index contributed by atoms with van der Waals surface area (Å²) in [4.78, 5) is 10.4. The Labute approximate surface area is 82.6 Å². The Balaban J connectivity index is 0.00000121. The highest BCUT2D eigenvalue weighted by Crippen LogP contribution is 1.87. The van der Waals surface area contributed by atoms with Crippen molar-refractivity contribution in [3.63, 3.8) is 0 Å². The summed E-state index contributed by atoms with van der Waals surface area (Å²) in [5.74, 6) is 0. The van der Waals surface area contributed by atoms with Crippen molar-refractivity contribution in [3.05, 3.63) is 30.6 Å². The van der Waals surface area contributed by atoms with Crippen molar-refractivity contribution in [3.8, 4) is 0 Å². The molecule has 12 heavy (non-hydrogen) atoms. The second kappa shape index (κ2) is 5.98. The molecule has 0 amide bonds. The van der Waals surface area contributed by atoms with E-state index in [-0.39, 0.29) is 17.6 Å². The minimum absolute atomic E-state index is 0. The van der Waals surface area contributed by atoms with Crippen molar-refractivity contribution < 1.29 is 9.36 Å². The molecule has 0 atom stereocenters. The molecule has 2 nitrogen and oxygen atoms in total. The van der Waals surface area contributed by atoms with E-state index in [4.69, 9.17) is 11.6 Å². The predicted molar refractivity (Wildman–Crippen MR) is 49.4 cm³/mol. The number of carbonyl (C=O) groups excluding carboxylic acids is 1. The molecule has 0 N–H and O–H groups in total.